The van der Waals surface area contributed by atoms with Gasteiger partial charge in [-0.05, 0) is 48.7 Å². The fourth-order valence-electron chi connectivity index (χ4n) is 2.08. The molecule has 2 rings (SSSR count). The summed E-state index contributed by atoms with van der Waals surface area (Å²) in [4.78, 5) is 1.31. The molecule has 0 N–H and O–H groups in total. The van der Waals surface area contributed by atoms with Gasteiger partial charge in [0.25, 0.3) is 0 Å². The summed E-state index contributed by atoms with van der Waals surface area (Å²) < 4.78 is 27.3. The lowest BCUT2D eigenvalue weighted by atomic mass is 10.3. The number of thiophene rings is 1. The summed E-state index contributed by atoms with van der Waals surface area (Å²) >= 11 is 4.80. The molecule has 1 aliphatic rings. The van der Waals surface area contributed by atoms with E-state index < -0.39 is 10.0 Å². The lowest BCUT2D eigenvalue weighted by Gasteiger charge is -2.20. The van der Waals surface area contributed by atoms with Crippen LogP contribution in [0.3, 0.4) is 0 Å². The lowest BCUT2D eigenvalue weighted by molar-refractivity contribution is 0.408. The van der Waals surface area contributed by atoms with Crippen LogP contribution in [0.5, 0.6) is 0 Å². The average Bonchev–Trinajstić information content (AvgIpc) is 2.72. The molecule has 1 saturated heterocycles. The molecule has 0 radical (unpaired) electrons. The van der Waals surface area contributed by atoms with Crippen LogP contribution in [0, 0.1) is 6.92 Å². The summed E-state index contributed by atoms with van der Waals surface area (Å²) in [7, 11) is -3.28. The molecule has 3 nitrogen and oxygen atoms in total. The highest BCUT2D eigenvalue weighted by Gasteiger charge is 2.34. The van der Waals surface area contributed by atoms with E-state index >= 15 is 0 Å². The number of aryl methyl sites for hydroxylation is 1. The summed E-state index contributed by atoms with van der Waals surface area (Å²) in [6, 6.07) is 1.84. The second-order valence-electron chi connectivity index (χ2n) is 4.08. The van der Waals surface area contributed by atoms with Crippen molar-refractivity contribution in [1.29, 1.82) is 0 Å². The standard InChI is InChI=1S/C10H14BrNO2S2/c1-7-4-3-5-12(7)16(13,14)9-6-10(11)15-8(9)2/h6-7H,3-5H2,1-2H3. The highest BCUT2D eigenvalue weighted by molar-refractivity contribution is 9.11. The van der Waals surface area contributed by atoms with Crippen molar-refractivity contribution in [3.63, 3.8) is 0 Å². The van der Waals surface area contributed by atoms with E-state index in [1.54, 1.807) is 10.4 Å². The van der Waals surface area contributed by atoms with Crippen molar-refractivity contribution < 1.29 is 8.42 Å². The summed E-state index contributed by atoms with van der Waals surface area (Å²) in [6.07, 6.45) is 1.92. The van der Waals surface area contributed by atoms with Gasteiger partial charge in [-0.15, -0.1) is 11.3 Å². The van der Waals surface area contributed by atoms with Gasteiger partial charge in [0.15, 0.2) is 0 Å². The molecule has 90 valence electrons. The predicted molar refractivity (Wildman–Crippen MR) is 69.3 cm³/mol. The summed E-state index contributed by atoms with van der Waals surface area (Å²) in [5.74, 6) is 0. The minimum atomic E-state index is -3.28. The van der Waals surface area contributed by atoms with Crippen molar-refractivity contribution in [2.24, 2.45) is 0 Å². The Morgan fingerprint density at radius 1 is 1.56 bits per heavy atom. The second-order valence-corrected chi connectivity index (χ2v) is 8.57. The molecule has 1 aromatic heterocycles. The largest absolute Gasteiger partial charge is 0.244 e. The maximum absolute atomic E-state index is 12.4. The van der Waals surface area contributed by atoms with Gasteiger partial charge in [0.2, 0.25) is 10.0 Å². The van der Waals surface area contributed by atoms with Gasteiger partial charge in [-0.3, -0.25) is 0 Å². The van der Waals surface area contributed by atoms with Gasteiger partial charge in [0.1, 0.15) is 0 Å². The molecule has 1 atom stereocenters. The molecule has 0 aliphatic carbocycles. The fraction of sp³-hybridized carbons (Fsp3) is 0.600. The summed E-state index contributed by atoms with van der Waals surface area (Å²) in [5, 5.41) is 0. The first-order valence-electron chi connectivity index (χ1n) is 5.20. The van der Waals surface area contributed by atoms with Crippen molar-refractivity contribution in [1.82, 2.24) is 4.31 Å². The molecule has 16 heavy (non-hydrogen) atoms. The van der Waals surface area contributed by atoms with E-state index in [9.17, 15) is 8.42 Å². The smallest absolute Gasteiger partial charge is 0.207 e. The molecule has 0 spiro atoms. The topological polar surface area (TPSA) is 37.4 Å². The van der Waals surface area contributed by atoms with Crippen LogP contribution >= 0.6 is 27.3 Å². The molecular formula is C10H14BrNO2S2. The molecule has 0 amide bonds. The van der Waals surface area contributed by atoms with Gasteiger partial charge in [0.05, 0.1) is 8.68 Å². The Kier molecular flexibility index (Phi) is 3.45. The SMILES string of the molecule is Cc1sc(Br)cc1S(=O)(=O)N1CCCC1C. The van der Waals surface area contributed by atoms with Gasteiger partial charge in [-0.1, -0.05) is 0 Å². The first-order valence-corrected chi connectivity index (χ1v) is 8.25. The molecule has 1 fully saturated rings. The van der Waals surface area contributed by atoms with Crippen LogP contribution in [0.25, 0.3) is 0 Å². The van der Waals surface area contributed by atoms with Crippen molar-refractivity contribution in [2.75, 3.05) is 6.54 Å². The van der Waals surface area contributed by atoms with Crippen LogP contribution in [-0.4, -0.2) is 25.3 Å². The van der Waals surface area contributed by atoms with Gasteiger partial charge < -0.3 is 0 Å². The molecule has 0 aromatic carbocycles. The third-order valence-electron chi connectivity index (χ3n) is 2.92. The second kappa shape index (κ2) is 4.40. The number of hydrogen-bond acceptors (Lipinski definition) is 3. The van der Waals surface area contributed by atoms with Gasteiger partial charge in [-0.2, -0.15) is 4.31 Å². The molecule has 6 heteroatoms. The monoisotopic (exact) mass is 323 g/mol. The number of nitrogens with zero attached hydrogens (tertiary/aromatic N) is 1. The molecule has 1 unspecified atom stereocenters. The van der Waals surface area contributed by atoms with Gasteiger partial charge >= 0.3 is 0 Å². The first-order chi connectivity index (χ1) is 7.43. The Morgan fingerprint density at radius 2 is 2.25 bits per heavy atom. The highest BCUT2D eigenvalue weighted by atomic mass is 79.9. The Hall–Kier alpha value is 0.0900. The van der Waals surface area contributed by atoms with Crippen LogP contribution in [-0.2, 0) is 10.0 Å². The molecular weight excluding hydrogens is 310 g/mol. The summed E-state index contributed by atoms with van der Waals surface area (Å²) in [5.41, 5.74) is 0. The van der Waals surface area contributed by atoms with Crippen LogP contribution in [0.15, 0.2) is 14.7 Å². The zero-order valence-electron chi connectivity index (χ0n) is 9.23. The van der Waals surface area contributed by atoms with E-state index in [1.165, 1.54) is 11.3 Å². The number of hydrogen-bond donors (Lipinski definition) is 0. The highest BCUT2D eigenvalue weighted by Crippen LogP contribution is 2.34. The normalized spacial score (nSPS) is 22.8. The zero-order chi connectivity index (χ0) is 11.9. The van der Waals surface area contributed by atoms with Crippen LogP contribution in [0.4, 0.5) is 0 Å². The number of rotatable bonds is 2. The third-order valence-corrected chi connectivity index (χ3v) is 6.74. The maximum atomic E-state index is 12.4. The lowest BCUT2D eigenvalue weighted by Crippen LogP contribution is -2.33. The van der Waals surface area contributed by atoms with E-state index in [1.807, 2.05) is 13.8 Å². The van der Waals surface area contributed by atoms with Crippen LogP contribution < -0.4 is 0 Å². The zero-order valence-corrected chi connectivity index (χ0v) is 12.5. The minimum Gasteiger partial charge on any atom is -0.207 e. The number of sulfonamides is 1. The molecule has 1 aliphatic heterocycles. The Bertz CT molecular complexity index is 495. The van der Waals surface area contributed by atoms with Gasteiger partial charge in [0, 0.05) is 17.5 Å². The number of halogens is 1. The van der Waals surface area contributed by atoms with E-state index in [-0.39, 0.29) is 6.04 Å². The Labute approximate surface area is 109 Å². The van der Waals surface area contributed by atoms with E-state index in [4.69, 9.17) is 0 Å². The molecule has 0 bridgehead atoms. The Balaban J connectivity index is 2.42. The third kappa shape index (κ3) is 2.08. The predicted octanol–water partition coefficient (Wildman–Crippen LogP) is 2.99. The van der Waals surface area contributed by atoms with Crippen molar-refractivity contribution >= 4 is 37.3 Å². The quantitative estimate of drug-likeness (QED) is 0.839. The van der Waals surface area contributed by atoms with Crippen molar-refractivity contribution in [3.05, 3.63) is 14.7 Å². The molecule has 0 saturated carbocycles. The van der Waals surface area contributed by atoms with Crippen molar-refractivity contribution in [2.45, 2.75) is 37.6 Å². The maximum Gasteiger partial charge on any atom is 0.244 e. The fourth-order valence-corrected chi connectivity index (χ4v) is 6.16. The van der Waals surface area contributed by atoms with Crippen LogP contribution in [0.2, 0.25) is 0 Å². The Morgan fingerprint density at radius 3 is 2.69 bits per heavy atom. The van der Waals surface area contributed by atoms with Gasteiger partial charge in [-0.25, -0.2) is 8.42 Å². The van der Waals surface area contributed by atoms with E-state index in [0.717, 1.165) is 21.5 Å². The molecule has 2 heterocycles. The van der Waals surface area contributed by atoms with E-state index in [0.29, 0.717) is 11.4 Å². The van der Waals surface area contributed by atoms with Crippen LogP contribution in [0.1, 0.15) is 24.6 Å². The summed E-state index contributed by atoms with van der Waals surface area (Å²) in [6.45, 7) is 4.47. The van der Waals surface area contributed by atoms with E-state index in [2.05, 4.69) is 15.9 Å². The molecule has 1 aromatic rings. The average molecular weight is 324 g/mol. The first kappa shape index (κ1) is 12.5. The minimum absolute atomic E-state index is 0.128. The van der Waals surface area contributed by atoms with Crippen molar-refractivity contribution in [3.8, 4) is 0 Å².